The summed E-state index contributed by atoms with van der Waals surface area (Å²) in [6, 6.07) is 0. The first-order valence-corrected chi connectivity index (χ1v) is 23.5. The van der Waals surface area contributed by atoms with E-state index in [1.165, 1.54) is 70.6 Å². The van der Waals surface area contributed by atoms with Crippen molar-refractivity contribution >= 4 is 19.8 Å². The maximum Gasteiger partial charge on any atom is 0.472 e. The van der Waals surface area contributed by atoms with Gasteiger partial charge in [0.2, 0.25) is 0 Å². The number of hydrogen-bond acceptors (Lipinski definition) is 10. The molecule has 0 rings (SSSR count). The van der Waals surface area contributed by atoms with E-state index >= 15 is 0 Å². The number of carbonyl (C=O) groups is 2. The van der Waals surface area contributed by atoms with Crippen LogP contribution in [0, 0.1) is 0 Å². The van der Waals surface area contributed by atoms with Gasteiger partial charge in [0.05, 0.1) is 25.9 Å². The van der Waals surface area contributed by atoms with Crippen molar-refractivity contribution in [2.75, 3.05) is 26.4 Å². The predicted octanol–water partition coefficient (Wildman–Crippen LogP) is 10.6. The van der Waals surface area contributed by atoms with Gasteiger partial charge in [-0.2, -0.15) is 0 Å². The Morgan fingerprint density at radius 3 is 1.71 bits per heavy atom. The highest BCUT2D eigenvalue weighted by Gasteiger charge is 2.27. The third-order valence-electron chi connectivity index (χ3n) is 8.97. The topological polar surface area (TPSA) is 169 Å². The van der Waals surface area contributed by atoms with Crippen molar-refractivity contribution in [2.24, 2.45) is 0 Å². The third kappa shape index (κ3) is 40.2. The van der Waals surface area contributed by atoms with Gasteiger partial charge in [-0.15, -0.1) is 0 Å². The van der Waals surface area contributed by atoms with Gasteiger partial charge in [-0.05, 0) is 44.9 Å². The molecule has 2 unspecified atom stereocenters. The van der Waals surface area contributed by atoms with Gasteiger partial charge in [0, 0.05) is 12.8 Å². The van der Waals surface area contributed by atoms with E-state index in [1.807, 2.05) is 48.6 Å². The second-order valence-corrected chi connectivity index (χ2v) is 16.0. The van der Waals surface area contributed by atoms with Gasteiger partial charge in [-0.3, -0.25) is 18.6 Å². The van der Waals surface area contributed by atoms with Gasteiger partial charge in [-0.1, -0.05) is 177 Å². The summed E-state index contributed by atoms with van der Waals surface area (Å²) in [5, 5.41) is 28.2. The fraction of sp³-hybridized carbons (Fsp3) is 0.696. The molecule has 0 aromatic carbocycles. The zero-order chi connectivity index (χ0) is 42.8. The van der Waals surface area contributed by atoms with E-state index in [9.17, 15) is 29.3 Å². The lowest BCUT2D eigenvalue weighted by Gasteiger charge is -2.20. The Bertz CT molecular complexity index is 1210. The molecule has 0 bridgehead atoms. The molecule has 0 aromatic rings. The number of aliphatic hydroxyl groups excluding tert-OH is 3. The number of rotatable bonds is 40. The number of ether oxygens (including phenoxy) is 2. The minimum atomic E-state index is -4.64. The van der Waals surface area contributed by atoms with Crippen LogP contribution in [0.15, 0.2) is 72.9 Å². The summed E-state index contributed by atoms with van der Waals surface area (Å²) in [7, 11) is -4.64. The summed E-state index contributed by atoms with van der Waals surface area (Å²) in [4.78, 5) is 35.0. The number of phosphoric ester groups is 1. The molecule has 4 N–H and O–H groups in total. The van der Waals surface area contributed by atoms with E-state index in [2.05, 4.69) is 36.6 Å². The number of phosphoric acid groups is 1. The van der Waals surface area contributed by atoms with Crippen LogP contribution < -0.4 is 0 Å². The molecular weight excluding hydrogens is 759 g/mol. The van der Waals surface area contributed by atoms with Crippen LogP contribution >= 0.6 is 7.82 Å². The number of carbonyl (C=O) groups excluding carboxylic acids is 2. The van der Waals surface area contributed by atoms with Gasteiger partial charge < -0.3 is 29.7 Å². The maximum absolute atomic E-state index is 12.6. The molecule has 0 aliphatic rings. The van der Waals surface area contributed by atoms with Crippen molar-refractivity contribution in [3.8, 4) is 0 Å². The monoisotopic (exact) mass is 839 g/mol. The number of aliphatic hydroxyl groups is 3. The molecule has 0 heterocycles. The molecule has 0 saturated carbocycles. The second-order valence-electron chi connectivity index (χ2n) is 14.5. The Balaban J connectivity index is 4.44. The number of unbranched alkanes of at least 4 members (excludes halogenated alkanes) is 14. The van der Waals surface area contributed by atoms with Crippen LogP contribution in [-0.2, 0) is 32.7 Å². The van der Waals surface area contributed by atoms with Crippen molar-refractivity contribution in [3.63, 3.8) is 0 Å². The largest absolute Gasteiger partial charge is 0.472 e. The van der Waals surface area contributed by atoms with E-state index in [0.717, 1.165) is 44.9 Å². The average molecular weight is 839 g/mol. The van der Waals surface area contributed by atoms with E-state index in [1.54, 1.807) is 6.08 Å². The van der Waals surface area contributed by atoms with Crippen molar-refractivity contribution in [3.05, 3.63) is 72.9 Å². The Morgan fingerprint density at radius 2 is 1.14 bits per heavy atom. The molecule has 0 saturated heterocycles. The van der Waals surface area contributed by atoms with Crippen LogP contribution in [0.2, 0.25) is 0 Å². The van der Waals surface area contributed by atoms with Crippen LogP contribution in [0.5, 0.6) is 0 Å². The predicted molar refractivity (Wildman–Crippen MR) is 234 cm³/mol. The molecule has 334 valence electrons. The Kier molecular flexibility index (Phi) is 39.3. The molecule has 0 amide bonds. The maximum atomic E-state index is 12.6. The lowest BCUT2D eigenvalue weighted by atomic mass is 10.0. The number of allylic oxidation sites excluding steroid dienone is 10. The standard InChI is InChI=1S/C46H79O11P/c1-3-5-7-8-9-10-11-12-13-16-20-23-26-29-33-37-46(51)57-44(41-56-58(52,53)55-39-43(49)38-47)40-54-45(50)36-32-28-25-22-19-17-14-15-18-21-24-27-31-35-42(48)34-30-6-4-2/h6,15,17-19,24-25,27-28,30-31,35,42-44,47-49H,3-5,7-14,16,20-23,26,29,32-34,36-41H2,1-2H3,(H,52,53)/b18-15-,19-17-,27-24+,28-25-,30-6-,35-31+/t42?,43-,44+/m0/s1. The molecule has 58 heavy (non-hydrogen) atoms. The van der Waals surface area contributed by atoms with E-state index in [0.29, 0.717) is 19.3 Å². The van der Waals surface area contributed by atoms with Crippen LogP contribution in [0.3, 0.4) is 0 Å². The fourth-order valence-electron chi connectivity index (χ4n) is 5.57. The molecule has 0 aromatic heterocycles. The third-order valence-corrected chi connectivity index (χ3v) is 9.92. The van der Waals surface area contributed by atoms with Crippen LogP contribution in [0.25, 0.3) is 0 Å². The molecule has 0 fully saturated rings. The summed E-state index contributed by atoms with van der Waals surface area (Å²) in [5.74, 6) is -1.05. The molecule has 0 aliphatic heterocycles. The molecule has 0 aliphatic carbocycles. The smallest absolute Gasteiger partial charge is 0.462 e. The highest BCUT2D eigenvalue weighted by Crippen LogP contribution is 2.43. The zero-order valence-corrected chi connectivity index (χ0v) is 36.7. The lowest BCUT2D eigenvalue weighted by molar-refractivity contribution is -0.161. The fourth-order valence-corrected chi connectivity index (χ4v) is 6.36. The molecule has 11 nitrogen and oxygen atoms in total. The van der Waals surface area contributed by atoms with E-state index in [4.69, 9.17) is 19.1 Å². The second kappa shape index (κ2) is 41.1. The minimum Gasteiger partial charge on any atom is -0.462 e. The molecular formula is C46H79O11P. The summed E-state index contributed by atoms with van der Waals surface area (Å²) >= 11 is 0. The Morgan fingerprint density at radius 1 is 0.603 bits per heavy atom. The van der Waals surface area contributed by atoms with Gasteiger partial charge in [0.1, 0.15) is 12.7 Å². The SMILES string of the molecule is CC/C=C\CC(O)/C=C/C=C/C/C=C\C/C=C\C/C=C\CCC(=O)OC[C@H](COP(=O)(O)OC[C@@H](O)CO)OC(=O)CCCCCCCCCCCCCCCCC. The summed E-state index contributed by atoms with van der Waals surface area (Å²) in [5.41, 5.74) is 0. The van der Waals surface area contributed by atoms with Crippen molar-refractivity contribution < 1.29 is 52.9 Å². The van der Waals surface area contributed by atoms with Crippen LogP contribution in [-0.4, -0.2) is 76.9 Å². The average Bonchev–Trinajstić information content (AvgIpc) is 3.20. The Hall–Kier alpha value is -2.63. The quantitative estimate of drug-likeness (QED) is 0.0152. The molecule has 12 heteroatoms. The van der Waals surface area contributed by atoms with Crippen molar-refractivity contribution in [1.82, 2.24) is 0 Å². The van der Waals surface area contributed by atoms with E-state index in [-0.39, 0.29) is 19.4 Å². The summed E-state index contributed by atoms with van der Waals surface area (Å²) < 4.78 is 32.6. The van der Waals surface area contributed by atoms with Crippen LogP contribution in [0.4, 0.5) is 0 Å². The highest BCUT2D eigenvalue weighted by atomic mass is 31.2. The van der Waals surface area contributed by atoms with Gasteiger partial charge in [-0.25, -0.2) is 4.57 Å². The van der Waals surface area contributed by atoms with Gasteiger partial charge in [0.15, 0.2) is 6.10 Å². The minimum absolute atomic E-state index is 0.0990. The first-order chi connectivity index (χ1) is 28.1. The molecule has 4 atom stereocenters. The van der Waals surface area contributed by atoms with Gasteiger partial charge in [0.25, 0.3) is 0 Å². The number of esters is 2. The summed E-state index contributed by atoms with van der Waals surface area (Å²) in [6.45, 7) is 2.07. The summed E-state index contributed by atoms with van der Waals surface area (Å²) in [6.07, 6.45) is 43.5. The normalized spacial score (nSPS) is 15.1. The number of hydrogen-bond donors (Lipinski definition) is 4. The first kappa shape index (κ1) is 55.4. The van der Waals surface area contributed by atoms with Crippen LogP contribution in [0.1, 0.15) is 162 Å². The zero-order valence-electron chi connectivity index (χ0n) is 35.8. The highest BCUT2D eigenvalue weighted by molar-refractivity contribution is 7.47. The molecule has 0 radical (unpaired) electrons. The van der Waals surface area contributed by atoms with Crippen molar-refractivity contribution in [2.45, 2.75) is 180 Å². The van der Waals surface area contributed by atoms with Crippen molar-refractivity contribution in [1.29, 1.82) is 0 Å². The first-order valence-electron chi connectivity index (χ1n) is 22.0. The Labute approximate surface area is 351 Å². The van der Waals surface area contributed by atoms with Gasteiger partial charge >= 0.3 is 19.8 Å². The lowest BCUT2D eigenvalue weighted by Crippen LogP contribution is -2.29. The van der Waals surface area contributed by atoms with E-state index < -0.39 is 57.9 Å². The molecule has 0 spiro atoms.